The number of carbonyl (C=O) groups excluding carboxylic acids is 1. The molecule has 20 heavy (non-hydrogen) atoms. The van der Waals surface area contributed by atoms with Gasteiger partial charge in [-0.25, -0.2) is 4.79 Å². The third-order valence-corrected chi connectivity index (χ3v) is 4.10. The SMILES string of the molecule is CC(C)(C)[C@@H]1CCC(=O)[C@H](n2cc(F)c(=O)[nH]c2=O)C1. The molecule has 5 nitrogen and oxygen atoms in total. The van der Waals surface area contributed by atoms with Gasteiger partial charge >= 0.3 is 5.69 Å². The zero-order valence-corrected chi connectivity index (χ0v) is 11.9. The summed E-state index contributed by atoms with van der Waals surface area (Å²) in [4.78, 5) is 36.8. The van der Waals surface area contributed by atoms with Crippen LogP contribution in [0, 0.1) is 17.2 Å². The van der Waals surface area contributed by atoms with Crippen molar-refractivity contribution in [3.05, 3.63) is 32.9 Å². The molecule has 1 aliphatic carbocycles. The molecular weight excluding hydrogens is 263 g/mol. The number of hydrogen-bond donors (Lipinski definition) is 1. The average molecular weight is 282 g/mol. The van der Waals surface area contributed by atoms with Gasteiger partial charge in [-0.15, -0.1) is 0 Å². The predicted molar refractivity (Wildman–Crippen MR) is 72.1 cm³/mol. The van der Waals surface area contributed by atoms with Crippen LogP contribution >= 0.6 is 0 Å². The number of carbonyl (C=O) groups is 1. The van der Waals surface area contributed by atoms with Crippen molar-refractivity contribution in [1.29, 1.82) is 0 Å². The summed E-state index contributed by atoms with van der Waals surface area (Å²) in [6.07, 6.45) is 2.49. The summed E-state index contributed by atoms with van der Waals surface area (Å²) in [6, 6.07) is -0.688. The second-order valence-corrected chi connectivity index (χ2v) is 6.46. The minimum absolute atomic E-state index is 0.0172. The Hall–Kier alpha value is -1.72. The Kier molecular flexibility index (Phi) is 3.67. The molecule has 1 saturated carbocycles. The summed E-state index contributed by atoms with van der Waals surface area (Å²) in [5, 5.41) is 0. The van der Waals surface area contributed by atoms with Crippen molar-refractivity contribution < 1.29 is 9.18 Å². The van der Waals surface area contributed by atoms with E-state index in [4.69, 9.17) is 0 Å². The van der Waals surface area contributed by atoms with Crippen LogP contribution in [0.15, 0.2) is 15.8 Å². The fraction of sp³-hybridized carbons (Fsp3) is 0.643. The Morgan fingerprint density at radius 1 is 1.30 bits per heavy atom. The first-order chi connectivity index (χ1) is 9.20. The molecule has 0 unspecified atom stereocenters. The molecule has 0 aliphatic heterocycles. The molecule has 0 saturated heterocycles. The molecule has 2 rings (SSSR count). The normalized spacial score (nSPS) is 23.9. The van der Waals surface area contributed by atoms with Crippen molar-refractivity contribution in [2.75, 3.05) is 0 Å². The quantitative estimate of drug-likeness (QED) is 0.851. The first kappa shape index (κ1) is 14.7. The first-order valence-corrected chi connectivity index (χ1v) is 6.74. The molecule has 0 spiro atoms. The lowest BCUT2D eigenvalue weighted by atomic mass is 9.70. The maximum absolute atomic E-state index is 13.4. The smallest absolute Gasteiger partial charge is 0.297 e. The maximum Gasteiger partial charge on any atom is 0.329 e. The number of nitrogens with one attached hydrogen (secondary N) is 1. The molecule has 2 atom stereocenters. The maximum atomic E-state index is 13.4. The number of Topliss-reactive ketones (excluding diaryl/α,β-unsaturated/α-hetero) is 1. The van der Waals surface area contributed by atoms with Crippen LogP contribution in [-0.2, 0) is 4.79 Å². The van der Waals surface area contributed by atoms with Crippen LogP contribution in [0.4, 0.5) is 4.39 Å². The summed E-state index contributed by atoms with van der Waals surface area (Å²) in [7, 11) is 0. The van der Waals surface area contributed by atoms with E-state index in [1.807, 2.05) is 4.98 Å². The second kappa shape index (κ2) is 5.00. The van der Waals surface area contributed by atoms with Gasteiger partial charge in [0.1, 0.15) is 0 Å². The van der Waals surface area contributed by atoms with Gasteiger partial charge in [0.05, 0.1) is 12.2 Å². The lowest BCUT2D eigenvalue weighted by Gasteiger charge is -2.37. The van der Waals surface area contributed by atoms with Crippen LogP contribution in [0.5, 0.6) is 0 Å². The second-order valence-electron chi connectivity index (χ2n) is 6.46. The Morgan fingerprint density at radius 2 is 1.95 bits per heavy atom. The van der Waals surface area contributed by atoms with Crippen LogP contribution in [0.1, 0.15) is 46.1 Å². The Bertz CT molecular complexity index is 639. The molecular formula is C14H19FN2O3. The van der Waals surface area contributed by atoms with E-state index in [1.165, 1.54) is 0 Å². The molecule has 0 bridgehead atoms. The zero-order chi connectivity index (χ0) is 15.1. The number of ketones is 1. The highest BCUT2D eigenvalue weighted by molar-refractivity contribution is 5.83. The van der Waals surface area contributed by atoms with Crippen molar-refractivity contribution in [2.45, 2.75) is 46.1 Å². The van der Waals surface area contributed by atoms with Crippen LogP contribution in [0.3, 0.4) is 0 Å². The van der Waals surface area contributed by atoms with E-state index in [0.717, 1.165) is 17.2 Å². The Morgan fingerprint density at radius 3 is 2.55 bits per heavy atom. The number of hydrogen-bond acceptors (Lipinski definition) is 3. The molecule has 110 valence electrons. The van der Waals surface area contributed by atoms with Crippen molar-refractivity contribution >= 4 is 5.78 Å². The van der Waals surface area contributed by atoms with Gasteiger partial charge in [-0.2, -0.15) is 4.39 Å². The van der Waals surface area contributed by atoms with Gasteiger partial charge in [0.2, 0.25) is 5.82 Å². The zero-order valence-electron chi connectivity index (χ0n) is 11.9. The molecule has 1 aromatic heterocycles. The Labute approximate surface area is 115 Å². The van der Waals surface area contributed by atoms with Crippen LogP contribution in [0.25, 0.3) is 0 Å². The summed E-state index contributed by atoms with van der Waals surface area (Å²) >= 11 is 0. The highest BCUT2D eigenvalue weighted by Gasteiger charge is 2.36. The summed E-state index contributed by atoms with van der Waals surface area (Å²) in [6.45, 7) is 6.25. The summed E-state index contributed by atoms with van der Waals surface area (Å²) in [5.74, 6) is -0.860. The Balaban J connectivity index is 2.40. The number of nitrogens with zero attached hydrogens (tertiary/aromatic N) is 1. The number of aromatic amines is 1. The molecule has 1 N–H and O–H groups in total. The highest BCUT2D eigenvalue weighted by atomic mass is 19.1. The number of H-pyrrole nitrogens is 1. The molecule has 0 aromatic carbocycles. The summed E-state index contributed by atoms with van der Waals surface area (Å²) < 4.78 is 14.4. The van der Waals surface area contributed by atoms with Gasteiger partial charge in [0.25, 0.3) is 5.56 Å². The third-order valence-electron chi connectivity index (χ3n) is 4.10. The minimum atomic E-state index is -1.05. The van der Waals surface area contributed by atoms with Crippen molar-refractivity contribution in [1.82, 2.24) is 9.55 Å². The van der Waals surface area contributed by atoms with E-state index in [9.17, 15) is 18.8 Å². The molecule has 6 heteroatoms. The van der Waals surface area contributed by atoms with E-state index in [1.54, 1.807) is 0 Å². The van der Waals surface area contributed by atoms with Gasteiger partial charge in [-0.1, -0.05) is 20.8 Å². The average Bonchev–Trinajstić information content (AvgIpc) is 2.33. The van der Waals surface area contributed by atoms with E-state index in [2.05, 4.69) is 20.8 Å². The van der Waals surface area contributed by atoms with E-state index in [-0.39, 0.29) is 17.1 Å². The number of rotatable bonds is 1. The van der Waals surface area contributed by atoms with Crippen LogP contribution in [0.2, 0.25) is 0 Å². The van der Waals surface area contributed by atoms with Crippen molar-refractivity contribution in [3.8, 4) is 0 Å². The monoisotopic (exact) mass is 282 g/mol. The van der Waals surface area contributed by atoms with E-state index in [0.29, 0.717) is 12.8 Å². The lowest BCUT2D eigenvalue weighted by Crippen LogP contribution is -2.40. The highest BCUT2D eigenvalue weighted by Crippen LogP contribution is 2.40. The van der Waals surface area contributed by atoms with Gasteiger partial charge in [-0.05, 0) is 24.2 Å². The number of aromatic nitrogens is 2. The fourth-order valence-electron chi connectivity index (χ4n) is 2.75. The van der Waals surface area contributed by atoms with Crippen molar-refractivity contribution in [2.24, 2.45) is 11.3 Å². The van der Waals surface area contributed by atoms with Gasteiger partial charge in [0.15, 0.2) is 5.78 Å². The summed E-state index contributed by atoms with van der Waals surface area (Å²) in [5.41, 5.74) is -1.77. The fourth-order valence-corrected chi connectivity index (χ4v) is 2.75. The first-order valence-electron chi connectivity index (χ1n) is 6.74. The molecule has 1 fully saturated rings. The van der Waals surface area contributed by atoms with E-state index >= 15 is 0 Å². The van der Waals surface area contributed by atoms with Crippen LogP contribution in [-0.4, -0.2) is 15.3 Å². The standard InChI is InChI=1S/C14H19FN2O3/c1-14(2,3)8-4-5-11(18)10(6-8)17-7-9(15)12(19)16-13(17)20/h7-8,10H,4-6H2,1-3H3,(H,16,19,20)/t8-,10-/m1/s1. The largest absolute Gasteiger partial charge is 0.329 e. The number of halogens is 1. The van der Waals surface area contributed by atoms with Gasteiger partial charge in [0, 0.05) is 6.42 Å². The van der Waals surface area contributed by atoms with Gasteiger partial charge in [-0.3, -0.25) is 19.1 Å². The molecule has 1 aromatic rings. The van der Waals surface area contributed by atoms with Crippen molar-refractivity contribution in [3.63, 3.8) is 0 Å². The van der Waals surface area contributed by atoms with Crippen LogP contribution < -0.4 is 11.2 Å². The minimum Gasteiger partial charge on any atom is -0.297 e. The third kappa shape index (κ3) is 2.73. The predicted octanol–water partition coefficient (Wildman–Crippen LogP) is 1.63. The van der Waals surface area contributed by atoms with Gasteiger partial charge < -0.3 is 0 Å². The van der Waals surface area contributed by atoms with E-state index < -0.39 is 23.1 Å². The molecule has 0 radical (unpaired) electrons. The topological polar surface area (TPSA) is 71.9 Å². The molecule has 0 amide bonds. The molecule has 1 aliphatic rings. The lowest BCUT2D eigenvalue weighted by molar-refractivity contribution is -0.125. The molecule has 1 heterocycles.